The Morgan fingerprint density at radius 3 is 2.64 bits per heavy atom. The number of carbonyl (C=O) groups is 1. The molecule has 1 fully saturated rings. The molecule has 0 unspecified atom stereocenters. The van der Waals surface area contributed by atoms with E-state index in [0.29, 0.717) is 18.9 Å². The first kappa shape index (κ1) is 19.8. The molecule has 2 rings (SSSR count). The summed E-state index contributed by atoms with van der Waals surface area (Å²) in [6.07, 6.45) is 5.90. The predicted octanol–water partition coefficient (Wildman–Crippen LogP) is 4.39. The topological polar surface area (TPSA) is 71.0 Å². The Balaban J connectivity index is 1.66. The summed E-state index contributed by atoms with van der Waals surface area (Å²) in [7, 11) is 0. The maximum absolute atomic E-state index is 10.9. The lowest BCUT2D eigenvalue weighted by Gasteiger charge is -2.10. The Hall–Kier alpha value is -1.54. The van der Waals surface area contributed by atoms with E-state index in [0.717, 1.165) is 36.3 Å². The van der Waals surface area contributed by atoms with Crippen molar-refractivity contribution < 1.29 is 19.1 Å². The van der Waals surface area contributed by atoms with Crippen LogP contribution in [0.25, 0.3) is 6.08 Å². The quantitative estimate of drug-likeness (QED) is 0.292. The van der Waals surface area contributed by atoms with Crippen molar-refractivity contribution in [1.29, 1.82) is 0 Å². The fourth-order valence-electron chi connectivity index (χ4n) is 2.39. The van der Waals surface area contributed by atoms with Crippen LogP contribution in [0.4, 0.5) is 0 Å². The van der Waals surface area contributed by atoms with Crippen LogP contribution in [-0.2, 0) is 13.9 Å². The zero-order valence-corrected chi connectivity index (χ0v) is 15.6. The summed E-state index contributed by atoms with van der Waals surface area (Å²) >= 11 is 1.22. The van der Waals surface area contributed by atoms with Gasteiger partial charge < -0.3 is 4.84 Å². The maximum Gasteiger partial charge on any atom is 0.243 e. The van der Waals surface area contributed by atoms with Crippen LogP contribution in [0.1, 0.15) is 63.0 Å². The number of carbonyl (C=O) groups excluding carboxylic acids is 1. The van der Waals surface area contributed by atoms with Crippen LogP contribution in [0.3, 0.4) is 0 Å². The molecule has 1 amide bonds. The van der Waals surface area contributed by atoms with Crippen molar-refractivity contribution in [3.05, 3.63) is 40.5 Å². The van der Waals surface area contributed by atoms with Crippen LogP contribution < -0.4 is 5.48 Å². The minimum Gasteiger partial charge on any atom is -0.370 e. The molecule has 0 radical (unpaired) electrons. The molecule has 1 aliphatic heterocycles. The van der Waals surface area contributed by atoms with E-state index in [9.17, 15) is 4.79 Å². The second-order valence-electron chi connectivity index (χ2n) is 6.29. The molecule has 0 saturated carbocycles. The van der Waals surface area contributed by atoms with E-state index in [-0.39, 0.29) is 5.91 Å². The highest BCUT2D eigenvalue weighted by molar-refractivity contribution is 7.98. The van der Waals surface area contributed by atoms with Crippen LogP contribution >= 0.6 is 12.0 Å². The summed E-state index contributed by atoms with van der Waals surface area (Å²) in [4.78, 5) is 16.5. The van der Waals surface area contributed by atoms with Gasteiger partial charge in [0.25, 0.3) is 0 Å². The monoisotopic (exact) mass is 366 g/mol. The predicted molar refractivity (Wildman–Crippen MR) is 98.0 cm³/mol. The largest absolute Gasteiger partial charge is 0.370 e. The number of nitrogens with zero attached hydrogens (tertiary/aromatic N) is 1. The number of hydrogen-bond acceptors (Lipinski definition) is 6. The Labute approximate surface area is 153 Å². The summed E-state index contributed by atoms with van der Waals surface area (Å²) in [6, 6.07) is 8.42. The molecule has 2 N–H and O–H groups in total. The van der Waals surface area contributed by atoms with Crippen LogP contribution in [0, 0.1) is 0 Å². The van der Waals surface area contributed by atoms with E-state index in [2.05, 4.69) is 38.1 Å². The molecule has 138 valence electrons. The Kier molecular flexibility index (Phi) is 8.27. The SMILES string of the molecule is CC(C)c1ccc(/C=C2/ON(CCCCCCC(=O)NO)OS2)cc1. The van der Waals surface area contributed by atoms with Crippen LogP contribution in [0.15, 0.2) is 29.4 Å². The van der Waals surface area contributed by atoms with Crippen molar-refractivity contribution in [1.82, 2.24) is 10.7 Å². The molecule has 1 aromatic rings. The summed E-state index contributed by atoms with van der Waals surface area (Å²) in [5.41, 5.74) is 4.04. The third kappa shape index (κ3) is 7.07. The molecule has 1 saturated heterocycles. The lowest BCUT2D eigenvalue weighted by atomic mass is 10.0. The van der Waals surface area contributed by atoms with E-state index in [1.165, 1.54) is 22.8 Å². The molecular weight excluding hydrogens is 340 g/mol. The first-order valence-corrected chi connectivity index (χ1v) is 9.37. The minimum absolute atomic E-state index is 0.334. The number of benzene rings is 1. The molecular formula is C18H26N2O4S. The first-order chi connectivity index (χ1) is 12.1. The Morgan fingerprint density at radius 2 is 1.96 bits per heavy atom. The van der Waals surface area contributed by atoms with Gasteiger partial charge in [0.2, 0.25) is 11.0 Å². The molecule has 0 bridgehead atoms. The summed E-state index contributed by atoms with van der Waals surface area (Å²) in [5.74, 6) is 0.189. The van der Waals surface area contributed by atoms with Crippen molar-refractivity contribution in [2.24, 2.45) is 0 Å². The van der Waals surface area contributed by atoms with Gasteiger partial charge in [-0.05, 0) is 41.2 Å². The van der Waals surface area contributed by atoms with E-state index >= 15 is 0 Å². The average Bonchev–Trinajstić information content (AvgIpc) is 3.05. The molecule has 0 spiro atoms. The number of hydrogen-bond donors (Lipinski definition) is 2. The van der Waals surface area contributed by atoms with Crippen molar-refractivity contribution in [3.63, 3.8) is 0 Å². The highest BCUT2D eigenvalue weighted by atomic mass is 32.2. The molecule has 1 aromatic carbocycles. The molecule has 0 aromatic heterocycles. The van der Waals surface area contributed by atoms with Gasteiger partial charge in [-0.3, -0.25) is 10.0 Å². The standard InChI is InChI=1S/C18H26N2O4S/c1-14(2)16-10-8-15(9-11-16)13-18-23-20(24-25-18)12-6-4-3-5-7-17(21)19-22/h8-11,13-14,22H,3-7,12H2,1-2H3,(H,19,21)/b18-13-. The molecule has 0 atom stereocenters. The van der Waals surface area contributed by atoms with Gasteiger partial charge in [0.15, 0.2) is 0 Å². The fourth-order valence-corrected chi connectivity index (χ4v) is 2.95. The third-order valence-corrected chi connectivity index (χ3v) is 4.50. The number of rotatable bonds is 9. The lowest BCUT2D eigenvalue weighted by Crippen LogP contribution is -2.18. The summed E-state index contributed by atoms with van der Waals surface area (Å²) < 4.78 is 5.42. The van der Waals surface area contributed by atoms with E-state index in [1.807, 2.05) is 6.08 Å². The smallest absolute Gasteiger partial charge is 0.243 e. The van der Waals surface area contributed by atoms with Gasteiger partial charge in [0.1, 0.15) is 0 Å². The zero-order valence-electron chi connectivity index (χ0n) is 14.7. The first-order valence-electron chi connectivity index (χ1n) is 8.63. The number of hydroxylamine groups is 3. The maximum atomic E-state index is 10.9. The number of amides is 1. The van der Waals surface area contributed by atoms with Crippen LogP contribution in [0.5, 0.6) is 0 Å². The molecule has 1 aliphatic rings. The second-order valence-corrected chi connectivity index (χ2v) is 7.01. The normalized spacial score (nSPS) is 16.4. The molecule has 1 heterocycles. The van der Waals surface area contributed by atoms with Gasteiger partial charge in [-0.2, -0.15) is 4.28 Å². The van der Waals surface area contributed by atoms with Gasteiger partial charge in [0, 0.05) is 6.42 Å². The fraction of sp³-hybridized carbons (Fsp3) is 0.500. The van der Waals surface area contributed by atoms with E-state index < -0.39 is 0 Å². The van der Waals surface area contributed by atoms with Crippen molar-refractivity contribution in [2.75, 3.05) is 6.54 Å². The van der Waals surface area contributed by atoms with Gasteiger partial charge in [-0.25, -0.2) is 5.48 Å². The second kappa shape index (κ2) is 10.5. The molecule has 0 aliphatic carbocycles. The van der Waals surface area contributed by atoms with Crippen molar-refractivity contribution in [2.45, 2.75) is 51.9 Å². The zero-order chi connectivity index (χ0) is 18.1. The van der Waals surface area contributed by atoms with Crippen LogP contribution in [-0.4, -0.2) is 22.9 Å². The highest BCUT2D eigenvalue weighted by Gasteiger charge is 2.20. The Morgan fingerprint density at radius 1 is 1.24 bits per heavy atom. The van der Waals surface area contributed by atoms with Crippen molar-refractivity contribution in [3.8, 4) is 0 Å². The summed E-state index contributed by atoms with van der Waals surface area (Å²) in [6.45, 7) is 5.02. The van der Waals surface area contributed by atoms with Gasteiger partial charge in [-0.1, -0.05) is 51.0 Å². The van der Waals surface area contributed by atoms with Gasteiger partial charge in [-0.15, -0.1) is 0 Å². The molecule has 25 heavy (non-hydrogen) atoms. The Bertz CT molecular complexity index is 575. The number of nitrogens with one attached hydrogen (secondary N) is 1. The molecule has 6 nitrogen and oxygen atoms in total. The minimum atomic E-state index is -0.334. The van der Waals surface area contributed by atoms with Gasteiger partial charge in [0.05, 0.1) is 18.6 Å². The average molecular weight is 366 g/mol. The van der Waals surface area contributed by atoms with E-state index in [1.54, 1.807) is 5.48 Å². The summed E-state index contributed by atoms with van der Waals surface area (Å²) in [5, 5.41) is 10.6. The van der Waals surface area contributed by atoms with E-state index in [4.69, 9.17) is 14.3 Å². The van der Waals surface area contributed by atoms with Gasteiger partial charge >= 0.3 is 0 Å². The number of unbranched alkanes of at least 4 members (excludes halogenated alkanes) is 3. The highest BCUT2D eigenvalue weighted by Crippen LogP contribution is 2.31. The lowest BCUT2D eigenvalue weighted by molar-refractivity contribution is -0.259. The van der Waals surface area contributed by atoms with Crippen LogP contribution in [0.2, 0.25) is 0 Å². The van der Waals surface area contributed by atoms with Crippen molar-refractivity contribution >= 4 is 24.0 Å². The molecule has 7 heteroatoms. The third-order valence-electron chi connectivity index (χ3n) is 3.90.